The van der Waals surface area contributed by atoms with Crippen molar-refractivity contribution in [3.05, 3.63) is 6.42 Å². The van der Waals surface area contributed by atoms with Gasteiger partial charge in [-0.05, 0) is 46.5 Å². The zero-order valence-electron chi connectivity index (χ0n) is 13.6. The SMILES string of the molecule is CC(C)(C)OC(=O)N1CCC(C)(C(=O)N2C[CH]CC2)CC1. The van der Waals surface area contributed by atoms with E-state index in [9.17, 15) is 9.59 Å². The molecule has 0 aromatic rings. The highest BCUT2D eigenvalue weighted by atomic mass is 16.6. The Kier molecular flexibility index (Phi) is 4.49. The molecule has 21 heavy (non-hydrogen) atoms. The number of hydrogen-bond donors (Lipinski definition) is 0. The van der Waals surface area contributed by atoms with Crippen LogP contribution in [-0.4, -0.2) is 53.6 Å². The van der Waals surface area contributed by atoms with Crippen LogP contribution in [0.4, 0.5) is 4.79 Å². The minimum Gasteiger partial charge on any atom is -0.444 e. The molecule has 2 rings (SSSR count). The molecule has 0 aliphatic carbocycles. The molecule has 2 aliphatic heterocycles. The van der Waals surface area contributed by atoms with Crippen LogP contribution in [0.5, 0.6) is 0 Å². The molecule has 5 nitrogen and oxygen atoms in total. The van der Waals surface area contributed by atoms with Crippen LogP contribution in [0.25, 0.3) is 0 Å². The first-order valence-electron chi connectivity index (χ1n) is 7.80. The first-order valence-corrected chi connectivity index (χ1v) is 7.80. The van der Waals surface area contributed by atoms with Crippen molar-refractivity contribution in [2.75, 3.05) is 26.2 Å². The van der Waals surface area contributed by atoms with Crippen molar-refractivity contribution in [2.45, 2.75) is 52.6 Å². The topological polar surface area (TPSA) is 49.9 Å². The number of nitrogens with zero attached hydrogens (tertiary/aromatic N) is 2. The lowest BCUT2D eigenvalue weighted by Gasteiger charge is -2.40. The molecular formula is C16H27N2O3. The van der Waals surface area contributed by atoms with Crippen LogP contribution in [0.1, 0.15) is 47.0 Å². The minimum atomic E-state index is -0.473. The normalized spacial score (nSPS) is 22.3. The molecule has 0 aromatic carbocycles. The Morgan fingerprint density at radius 2 is 1.71 bits per heavy atom. The molecule has 5 heteroatoms. The first-order chi connectivity index (χ1) is 9.71. The van der Waals surface area contributed by atoms with Crippen LogP contribution in [-0.2, 0) is 9.53 Å². The van der Waals surface area contributed by atoms with Gasteiger partial charge in [0.2, 0.25) is 5.91 Å². The van der Waals surface area contributed by atoms with E-state index >= 15 is 0 Å². The van der Waals surface area contributed by atoms with E-state index in [2.05, 4.69) is 6.42 Å². The largest absolute Gasteiger partial charge is 0.444 e. The number of carbonyl (C=O) groups excluding carboxylic acids is 2. The van der Waals surface area contributed by atoms with Gasteiger partial charge in [-0.15, -0.1) is 0 Å². The van der Waals surface area contributed by atoms with E-state index in [1.54, 1.807) is 4.90 Å². The fourth-order valence-corrected chi connectivity index (χ4v) is 2.87. The average Bonchev–Trinajstić information content (AvgIpc) is 2.90. The van der Waals surface area contributed by atoms with Gasteiger partial charge in [0.15, 0.2) is 0 Å². The molecule has 0 spiro atoms. The summed E-state index contributed by atoms with van der Waals surface area (Å²) in [4.78, 5) is 28.3. The zero-order valence-corrected chi connectivity index (χ0v) is 13.6. The second-order valence-electron chi connectivity index (χ2n) is 7.36. The van der Waals surface area contributed by atoms with Crippen molar-refractivity contribution in [1.29, 1.82) is 0 Å². The van der Waals surface area contributed by atoms with Crippen molar-refractivity contribution in [1.82, 2.24) is 9.80 Å². The summed E-state index contributed by atoms with van der Waals surface area (Å²) in [6.07, 6.45) is 4.29. The van der Waals surface area contributed by atoms with Crippen molar-refractivity contribution < 1.29 is 14.3 Å². The van der Waals surface area contributed by atoms with E-state index in [0.29, 0.717) is 25.9 Å². The van der Waals surface area contributed by atoms with E-state index in [0.717, 1.165) is 19.5 Å². The number of amides is 2. The summed E-state index contributed by atoms with van der Waals surface area (Å²) in [5.41, 5.74) is -0.810. The maximum atomic E-state index is 12.6. The Morgan fingerprint density at radius 3 is 2.19 bits per heavy atom. The van der Waals surface area contributed by atoms with Gasteiger partial charge in [-0.25, -0.2) is 4.79 Å². The summed E-state index contributed by atoms with van der Waals surface area (Å²) in [5, 5.41) is 0. The molecule has 0 N–H and O–H groups in total. The number of likely N-dealkylation sites (tertiary alicyclic amines) is 2. The molecule has 2 amide bonds. The van der Waals surface area contributed by atoms with E-state index in [1.165, 1.54) is 0 Å². The maximum absolute atomic E-state index is 12.6. The zero-order chi connectivity index (χ0) is 15.7. The Balaban J connectivity index is 1.89. The maximum Gasteiger partial charge on any atom is 0.410 e. The van der Waals surface area contributed by atoms with Crippen LogP contribution in [0.3, 0.4) is 0 Å². The van der Waals surface area contributed by atoms with Gasteiger partial charge in [0.1, 0.15) is 5.60 Å². The molecule has 1 radical (unpaired) electrons. The van der Waals surface area contributed by atoms with E-state index < -0.39 is 5.60 Å². The van der Waals surface area contributed by atoms with Gasteiger partial charge in [0, 0.05) is 31.6 Å². The molecule has 2 saturated heterocycles. The van der Waals surface area contributed by atoms with Crippen molar-refractivity contribution >= 4 is 12.0 Å². The number of ether oxygens (including phenoxy) is 1. The van der Waals surface area contributed by atoms with Gasteiger partial charge in [-0.2, -0.15) is 0 Å². The fourth-order valence-electron chi connectivity index (χ4n) is 2.87. The van der Waals surface area contributed by atoms with Crippen LogP contribution in [0.2, 0.25) is 0 Å². The summed E-state index contributed by atoms with van der Waals surface area (Å²) in [6.45, 7) is 10.4. The quantitative estimate of drug-likeness (QED) is 0.746. The van der Waals surface area contributed by atoms with E-state index in [-0.39, 0.29) is 17.4 Å². The summed E-state index contributed by atoms with van der Waals surface area (Å²) in [5.74, 6) is 0.236. The van der Waals surface area contributed by atoms with Gasteiger partial charge in [0.05, 0.1) is 0 Å². The Hall–Kier alpha value is -1.26. The molecule has 0 saturated carbocycles. The number of hydrogen-bond acceptors (Lipinski definition) is 3. The van der Waals surface area contributed by atoms with E-state index in [1.807, 2.05) is 32.6 Å². The molecule has 2 fully saturated rings. The Bertz CT molecular complexity index is 400. The second kappa shape index (κ2) is 5.85. The third-order valence-electron chi connectivity index (χ3n) is 4.27. The highest BCUT2D eigenvalue weighted by Gasteiger charge is 2.41. The number of piperidine rings is 1. The highest BCUT2D eigenvalue weighted by molar-refractivity contribution is 5.83. The summed E-state index contributed by atoms with van der Waals surface area (Å²) in [7, 11) is 0. The fraction of sp³-hybridized carbons (Fsp3) is 0.812. The summed E-state index contributed by atoms with van der Waals surface area (Å²) in [6, 6.07) is 0. The molecular weight excluding hydrogens is 268 g/mol. The van der Waals surface area contributed by atoms with Crippen LogP contribution in [0.15, 0.2) is 0 Å². The predicted molar refractivity (Wildman–Crippen MR) is 80.6 cm³/mol. The molecule has 0 atom stereocenters. The molecule has 0 bridgehead atoms. The van der Waals surface area contributed by atoms with Crippen LogP contribution >= 0.6 is 0 Å². The lowest BCUT2D eigenvalue weighted by atomic mass is 9.79. The molecule has 2 aliphatic rings. The smallest absolute Gasteiger partial charge is 0.410 e. The third kappa shape index (κ3) is 3.89. The molecule has 119 valence electrons. The standard InChI is InChI=1S/C16H27N2O3/c1-15(2,3)21-14(20)18-11-7-16(4,8-12-18)13(19)17-9-5-6-10-17/h5H,6-12H2,1-4H3. The molecule has 0 aromatic heterocycles. The van der Waals surface area contributed by atoms with Gasteiger partial charge in [-0.1, -0.05) is 6.92 Å². The van der Waals surface area contributed by atoms with Gasteiger partial charge in [-0.3, -0.25) is 4.79 Å². The van der Waals surface area contributed by atoms with Gasteiger partial charge in [0.25, 0.3) is 0 Å². The Labute approximate surface area is 127 Å². The van der Waals surface area contributed by atoms with Crippen LogP contribution < -0.4 is 0 Å². The minimum absolute atomic E-state index is 0.236. The van der Waals surface area contributed by atoms with E-state index in [4.69, 9.17) is 4.74 Å². The average molecular weight is 295 g/mol. The van der Waals surface area contributed by atoms with Crippen LogP contribution in [0, 0.1) is 11.8 Å². The van der Waals surface area contributed by atoms with Gasteiger partial charge >= 0.3 is 6.09 Å². The first kappa shape index (κ1) is 16.1. The number of rotatable bonds is 1. The van der Waals surface area contributed by atoms with Crippen molar-refractivity contribution in [2.24, 2.45) is 5.41 Å². The lowest BCUT2D eigenvalue weighted by molar-refractivity contribution is -0.142. The summed E-state index contributed by atoms with van der Waals surface area (Å²) >= 11 is 0. The third-order valence-corrected chi connectivity index (χ3v) is 4.27. The second-order valence-corrected chi connectivity index (χ2v) is 7.36. The lowest BCUT2D eigenvalue weighted by Crippen LogP contribution is -2.50. The number of carbonyl (C=O) groups is 2. The molecule has 2 heterocycles. The molecule has 0 unspecified atom stereocenters. The van der Waals surface area contributed by atoms with Crippen molar-refractivity contribution in [3.8, 4) is 0 Å². The predicted octanol–water partition coefficient (Wildman–Crippen LogP) is 2.46. The highest BCUT2D eigenvalue weighted by Crippen LogP contribution is 2.34. The summed E-state index contributed by atoms with van der Waals surface area (Å²) < 4.78 is 5.39. The monoisotopic (exact) mass is 295 g/mol. The van der Waals surface area contributed by atoms with Gasteiger partial charge < -0.3 is 14.5 Å². The Morgan fingerprint density at radius 1 is 1.10 bits per heavy atom. The van der Waals surface area contributed by atoms with Crippen molar-refractivity contribution in [3.63, 3.8) is 0 Å².